The predicted molar refractivity (Wildman–Crippen MR) is 82.4 cm³/mol. The lowest BCUT2D eigenvalue weighted by Crippen LogP contribution is -2.16. The minimum Gasteiger partial charge on any atom is -0.370 e. The van der Waals surface area contributed by atoms with Gasteiger partial charge in [-0.15, -0.1) is 0 Å². The Balaban J connectivity index is 2.16. The monoisotopic (exact) mass is 334 g/mol. The maximum absolute atomic E-state index is 8.86. The van der Waals surface area contributed by atoms with E-state index < -0.39 is 0 Å². The molecule has 0 aliphatic carbocycles. The maximum Gasteiger partial charge on any atom is 0.101 e. The molecule has 0 saturated carbocycles. The van der Waals surface area contributed by atoms with Crippen molar-refractivity contribution < 1.29 is 0 Å². The summed E-state index contributed by atoms with van der Waals surface area (Å²) in [5.74, 6) is 0. The van der Waals surface area contributed by atoms with Crippen LogP contribution in [0.25, 0.3) is 0 Å². The molecule has 0 heterocycles. The first-order valence-corrected chi connectivity index (χ1v) is 6.92. The zero-order valence-electron chi connectivity index (χ0n) is 10.4. The quantitative estimate of drug-likeness (QED) is 0.819. The summed E-state index contributed by atoms with van der Waals surface area (Å²) in [6.07, 6.45) is 0. The number of nitriles is 1. The molecule has 0 atom stereocenters. The molecule has 96 valence electrons. The van der Waals surface area contributed by atoms with Gasteiger partial charge in [-0.25, -0.2) is 0 Å². The second-order valence-corrected chi connectivity index (χ2v) is 5.58. The van der Waals surface area contributed by atoms with Crippen molar-refractivity contribution in [3.05, 3.63) is 63.1 Å². The molecule has 2 rings (SSSR count). The highest BCUT2D eigenvalue weighted by Gasteiger charge is 2.06. The van der Waals surface area contributed by atoms with Crippen molar-refractivity contribution in [3.63, 3.8) is 0 Å². The van der Waals surface area contributed by atoms with Crippen LogP contribution >= 0.6 is 27.5 Å². The van der Waals surface area contributed by atoms with Crippen molar-refractivity contribution in [1.82, 2.24) is 0 Å². The largest absolute Gasteiger partial charge is 0.370 e. The molecule has 0 aromatic heterocycles. The first-order chi connectivity index (χ1) is 9.10. The molecule has 0 spiro atoms. The summed E-state index contributed by atoms with van der Waals surface area (Å²) in [7, 11) is 2.00. The van der Waals surface area contributed by atoms with Gasteiger partial charge in [-0.2, -0.15) is 5.26 Å². The number of rotatable bonds is 3. The lowest BCUT2D eigenvalue weighted by atomic mass is 10.2. The van der Waals surface area contributed by atoms with Crippen molar-refractivity contribution in [2.45, 2.75) is 6.54 Å². The van der Waals surface area contributed by atoms with Gasteiger partial charge < -0.3 is 4.90 Å². The smallest absolute Gasteiger partial charge is 0.101 e. The second-order valence-electron chi connectivity index (χ2n) is 4.26. The van der Waals surface area contributed by atoms with Crippen LogP contribution in [0.15, 0.2) is 46.9 Å². The van der Waals surface area contributed by atoms with Crippen LogP contribution in [-0.4, -0.2) is 7.05 Å². The van der Waals surface area contributed by atoms with Gasteiger partial charge in [-0.05, 0) is 35.9 Å². The van der Waals surface area contributed by atoms with E-state index in [0.717, 1.165) is 16.7 Å². The predicted octanol–water partition coefficient (Wildman–Crippen LogP) is 4.61. The zero-order chi connectivity index (χ0) is 13.8. The Kier molecular flexibility index (Phi) is 4.47. The number of hydrogen-bond acceptors (Lipinski definition) is 2. The summed E-state index contributed by atoms with van der Waals surface area (Å²) in [5, 5.41) is 9.35. The summed E-state index contributed by atoms with van der Waals surface area (Å²) in [6.45, 7) is 0.787. The molecule has 2 nitrogen and oxygen atoms in total. The molecular weight excluding hydrogens is 324 g/mol. The van der Waals surface area contributed by atoms with Crippen LogP contribution in [0.3, 0.4) is 0 Å². The molecule has 0 saturated heterocycles. The molecule has 0 fully saturated rings. The Hall–Kier alpha value is -1.50. The molecule has 4 heteroatoms. The molecule has 19 heavy (non-hydrogen) atoms. The lowest BCUT2D eigenvalue weighted by molar-refractivity contribution is 0.923. The van der Waals surface area contributed by atoms with E-state index in [1.165, 1.54) is 5.56 Å². The zero-order valence-corrected chi connectivity index (χ0v) is 12.7. The van der Waals surface area contributed by atoms with Crippen LogP contribution in [0.2, 0.25) is 5.02 Å². The molecule has 2 aromatic rings. The third kappa shape index (κ3) is 3.50. The van der Waals surface area contributed by atoms with Crippen LogP contribution in [0, 0.1) is 11.3 Å². The highest BCUT2D eigenvalue weighted by Crippen LogP contribution is 2.23. The van der Waals surface area contributed by atoms with E-state index in [-0.39, 0.29) is 0 Å². The van der Waals surface area contributed by atoms with Gasteiger partial charge in [0, 0.05) is 23.8 Å². The maximum atomic E-state index is 8.86. The van der Waals surface area contributed by atoms with Gasteiger partial charge >= 0.3 is 0 Å². The summed E-state index contributed by atoms with van der Waals surface area (Å²) in [6, 6.07) is 15.7. The van der Waals surface area contributed by atoms with Gasteiger partial charge in [0.1, 0.15) is 6.07 Å². The molecule has 0 bridgehead atoms. The minimum atomic E-state index is 0.489. The highest BCUT2D eigenvalue weighted by molar-refractivity contribution is 9.10. The van der Waals surface area contributed by atoms with Gasteiger partial charge in [0.05, 0.1) is 10.6 Å². The number of hydrogen-bond donors (Lipinski definition) is 0. The molecule has 0 amide bonds. The van der Waals surface area contributed by atoms with Crippen molar-refractivity contribution in [3.8, 4) is 6.07 Å². The molecule has 0 aliphatic rings. The normalized spacial score (nSPS) is 10.0. The van der Waals surface area contributed by atoms with Gasteiger partial charge in [-0.1, -0.05) is 39.7 Å². The topological polar surface area (TPSA) is 27.0 Å². The van der Waals surface area contributed by atoms with Gasteiger partial charge in [0.2, 0.25) is 0 Å². The molecule has 0 aliphatic heterocycles. The van der Waals surface area contributed by atoms with Crippen LogP contribution in [0.5, 0.6) is 0 Å². The van der Waals surface area contributed by atoms with Gasteiger partial charge in [0.15, 0.2) is 0 Å². The van der Waals surface area contributed by atoms with E-state index in [1.54, 1.807) is 6.07 Å². The molecule has 0 unspecified atom stereocenters. The number of halogens is 2. The SMILES string of the molecule is CN(Cc1ccc(Br)cc1)c1ccc(C#N)c(Cl)c1. The molecule has 0 radical (unpaired) electrons. The third-order valence-electron chi connectivity index (χ3n) is 2.85. The number of benzene rings is 2. The lowest BCUT2D eigenvalue weighted by Gasteiger charge is -2.20. The number of nitrogens with zero attached hydrogens (tertiary/aromatic N) is 2. The Morgan fingerprint density at radius 2 is 1.89 bits per heavy atom. The van der Waals surface area contributed by atoms with Crippen LogP contribution in [0.1, 0.15) is 11.1 Å². The minimum absolute atomic E-state index is 0.489. The standard InChI is InChI=1S/C15H12BrClN2/c1-19(10-11-2-5-13(16)6-3-11)14-7-4-12(9-18)15(17)8-14/h2-8H,10H2,1H3. The van der Waals surface area contributed by atoms with Crippen LogP contribution in [0.4, 0.5) is 5.69 Å². The first kappa shape index (κ1) is 13.9. The van der Waals surface area contributed by atoms with Crippen molar-refractivity contribution >= 4 is 33.2 Å². The van der Waals surface area contributed by atoms with E-state index in [0.29, 0.717) is 10.6 Å². The Morgan fingerprint density at radius 1 is 1.21 bits per heavy atom. The molecule has 2 aromatic carbocycles. The number of anilines is 1. The summed E-state index contributed by atoms with van der Waals surface area (Å²) in [4.78, 5) is 2.09. The highest BCUT2D eigenvalue weighted by atomic mass is 79.9. The average Bonchev–Trinajstić information content (AvgIpc) is 2.41. The molecular formula is C15H12BrClN2. The summed E-state index contributed by atoms with van der Waals surface area (Å²) in [5.41, 5.74) is 2.71. The van der Waals surface area contributed by atoms with E-state index >= 15 is 0 Å². The van der Waals surface area contributed by atoms with E-state index in [9.17, 15) is 0 Å². The van der Waals surface area contributed by atoms with Crippen molar-refractivity contribution in [2.24, 2.45) is 0 Å². The first-order valence-electron chi connectivity index (χ1n) is 5.75. The van der Waals surface area contributed by atoms with Crippen LogP contribution < -0.4 is 4.90 Å². The van der Waals surface area contributed by atoms with Crippen LogP contribution in [-0.2, 0) is 6.54 Å². The summed E-state index contributed by atoms with van der Waals surface area (Å²) < 4.78 is 1.07. The van der Waals surface area contributed by atoms with E-state index in [2.05, 4.69) is 39.0 Å². The Bertz CT molecular complexity index is 617. The molecule has 0 N–H and O–H groups in total. The van der Waals surface area contributed by atoms with Crippen molar-refractivity contribution in [2.75, 3.05) is 11.9 Å². The Labute approximate surface area is 126 Å². The van der Waals surface area contributed by atoms with E-state index in [4.69, 9.17) is 16.9 Å². The summed E-state index contributed by atoms with van der Waals surface area (Å²) >= 11 is 9.46. The van der Waals surface area contributed by atoms with Gasteiger partial charge in [0.25, 0.3) is 0 Å². The average molecular weight is 336 g/mol. The fourth-order valence-corrected chi connectivity index (χ4v) is 2.27. The fraction of sp³-hybridized carbons (Fsp3) is 0.133. The van der Waals surface area contributed by atoms with Gasteiger partial charge in [-0.3, -0.25) is 0 Å². The second kappa shape index (κ2) is 6.10. The van der Waals surface area contributed by atoms with Crippen molar-refractivity contribution in [1.29, 1.82) is 5.26 Å². The fourth-order valence-electron chi connectivity index (χ4n) is 1.79. The Morgan fingerprint density at radius 3 is 2.47 bits per heavy atom. The third-order valence-corrected chi connectivity index (χ3v) is 3.69. The van der Waals surface area contributed by atoms with E-state index in [1.807, 2.05) is 31.3 Å².